The number of hydrogen-bond acceptors (Lipinski definition) is 5. The summed E-state index contributed by atoms with van der Waals surface area (Å²) in [7, 11) is -2.28. The van der Waals surface area contributed by atoms with E-state index in [1.54, 1.807) is 23.1 Å². The summed E-state index contributed by atoms with van der Waals surface area (Å²) < 4.78 is 22.1. The van der Waals surface area contributed by atoms with Crippen LogP contribution in [0.5, 0.6) is 0 Å². The van der Waals surface area contributed by atoms with Crippen LogP contribution in [0.4, 0.5) is 0 Å². The molecule has 0 spiro atoms. The number of allylic oxidation sites excluding steroid dienone is 5. The molecule has 2 amide bonds. The third-order valence-electron chi connectivity index (χ3n) is 6.87. The van der Waals surface area contributed by atoms with Gasteiger partial charge < -0.3 is 10.2 Å². The minimum Gasteiger partial charge on any atom is -0.334 e. The van der Waals surface area contributed by atoms with Crippen molar-refractivity contribution >= 4 is 56.0 Å². The van der Waals surface area contributed by atoms with E-state index in [9.17, 15) is 22.8 Å². The van der Waals surface area contributed by atoms with E-state index in [0.29, 0.717) is 46.2 Å². The van der Waals surface area contributed by atoms with Gasteiger partial charge in [0.1, 0.15) is 0 Å². The maximum Gasteiger partial charge on any atom is 0.224 e. The standard InChI is InChI=1S/C32H30Cl2N2O5S/c33-26-6-1-4-22(18-26)10-12-24-20-36(21-25(32(24)39)13-11-23-5-2-7-27(34)19-23)31(38)9-3-8-30(37)35-28-14-16-29(17-15-28)42(40)41/h1-2,4-7,12-16,18-19H,3,8-11,17,20-21H2,(H,35,37)/b24-12+,25-13+. The zero-order valence-corrected chi connectivity index (χ0v) is 25.1. The summed E-state index contributed by atoms with van der Waals surface area (Å²) in [6, 6.07) is 14.8. The van der Waals surface area contributed by atoms with E-state index in [0.717, 1.165) is 11.1 Å². The molecule has 1 saturated heterocycles. The zero-order valence-electron chi connectivity index (χ0n) is 22.8. The van der Waals surface area contributed by atoms with Gasteiger partial charge in [0, 0.05) is 59.2 Å². The first kappa shape index (κ1) is 31.2. The van der Waals surface area contributed by atoms with Gasteiger partial charge in [-0.25, -0.2) is 0 Å². The Hall–Kier alpha value is -3.72. The SMILES string of the molecule is O=C(CCCC(=O)N1C/C(=C\Cc2cccc(Cl)c2)C(=O)/C(=C/Cc2cccc(Cl)c2)C1)NC1=CCC(=S(=O)=O)C=C1. The third kappa shape index (κ3) is 9.14. The van der Waals surface area contributed by atoms with Gasteiger partial charge in [-0.15, -0.1) is 0 Å². The van der Waals surface area contributed by atoms with Crippen LogP contribution in [0.15, 0.2) is 95.8 Å². The largest absolute Gasteiger partial charge is 0.334 e. The number of benzene rings is 2. The lowest BCUT2D eigenvalue weighted by Crippen LogP contribution is -2.41. The highest BCUT2D eigenvalue weighted by molar-refractivity contribution is 7.73. The number of nitrogens with one attached hydrogen (secondary N) is 1. The molecule has 4 rings (SSSR count). The highest BCUT2D eigenvalue weighted by atomic mass is 35.5. The number of nitrogens with zero attached hydrogens (tertiary/aromatic N) is 1. The second-order valence-electron chi connectivity index (χ2n) is 10.0. The molecule has 42 heavy (non-hydrogen) atoms. The molecule has 2 aromatic carbocycles. The second kappa shape index (κ2) is 15.0. The van der Waals surface area contributed by atoms with Crippen LogP contribution in [0.25, 0.3) is 0 Å². The number of likely N-dealkylation sites (tertiary alicyclic amines) is 1. The van der Waals surface area contributed by atoms with Gasteiger partial charge in [0.25, 0.3) is 0 Å². The summed E-state index contributed by atoms with van der Waals surface area (Å²) >= 11 is 12.2. The lowest BCUT2D eigenvalue weighted by Gasteiger charge is -2.30. The Morgan fingerprint density at radius 3 is 1.98 bits per heavy atom. The Morgan fingerprint density at radius 1 is 0.881 bits per heavy atom. The van der Waals surface area contributed by atoms with E-state index in [1.807, 2.05) is 48.6 Å². The number of piperidine rings is 1. The van der Waals surface area contributed by atoms with Crippen molar-refractivity contribution in [3.63, 3.8) is 0 Å². The van der Waals surface area contributed by atoms with Gasteiger partial charge in [-0.05, 0) is 66.8 Å². The number of hydrogen-bond donors (Lipinski definition) is 1. The summed E-state index contributed by atoms with van der Waals surface area (Å²) in [5, 5.41) is 3.96. The first-order chi connectivity index (χ1) is 20.2. The highest BCUT2D eigenvalue weighted by Crippen LogP contribution is 2.22. The maximum absolute atomic E-state index is 13.4. The topological polar surface area (TPSA) is 101 Å². The van der Waals surface area contributed by atoms with Crippen LogP contribution in [-0.2, 0) is 37.5 Å². The van der Waals surface area contributed by atoms with Crippen LogP contribution in [0.2, 0.25) is 10.0 Å². The quantitative estimate of drug-likeness (QED) is 0.304. The molecule has 1 heterocycles. The lowest BCUT2D eigenvalue weighted by molar-refractivity contribution is -0.131. The number of amides is 2. The smallest absolute Gasteiger partial charge is 0.224 e. The Balaban J connectivity index is 1.40. The summed E-state index contributed by atoms with van der Waals surface area (Å²) in [4.78, 5) is 40.9. The molecule has 1 aliphatic carbocycles. The van der Waals surface area contributed by atoms with Crippen molar-refractivity contribution in [3.05, 3.63) is 117 Å². The van der Waals surface area contributed by atoms with Crippen LogP contribution >= 0.6 is 23.2 Å². The number of Topliss-reactive ketones (excluding diaryl/α,β-unsaturated/α-hetero) is 1. The second-order valence-corrected chi connectivity index (χ2v) is 11.9. The van der Waals surface area contributed by atoms with Crippen molar-refractivity contribution in [3.8, 4) is 0 Å². The minimum absolute atomic E-state index is 0.0856. The van der Waals surface area contributed by atoms with E-state index in [4.69, 9.17) is 23.2 Å². The summed E-state index contributed by atoms with van der Waals surface area (Å²) in [5.41, 5.74) is 3.52. The van der Waals surface area contributed by atoms with Crippen LogP contribution in [0.1, 0.15) is 36.8 Å². The Labute approximate surface area is 256 Å². The van der Waals surface area contributed by atoms with E-state index in [2.05, 4.69) is 5.32 Å². The van der Waals surface area contributed by atoms with Gasteiger partial charge in [-0.3, -0.25) is 14.4 Å². The minimum atomic E-state index is -2.28. The predicted molar refractivity (Wildman–Crippen MR) is 166 cm³/mol. The summed E-state index contributed by atoms with van der Waals surface area (Å²) in [5.74, 6) is -0.493. The molecule has 0 radical (unpaired) electrons. The fraction of sp³-hybridized carbons (Fsp3) is 0.250. The van der Waals surface area contributed by atoms with Gasteiger partial charge in [-0.1, -0.05) is 65.7 Å². The van der Waals surface area contributed by atoms with Gasteiger partial charge in [0.15, 0.2) is 5.78 Å². The number of halogens is 2. The zero-order chi connectivity index (χ0) is 30.1. The van der Waals surface area contributed by atoms with Crippen molar-refractivity contribution in [1.29, 1.82) is 0 Å². The van der Waals surface area contributed by atoms with E-state index < -0.39 is 10.3 Å². The maximum atomic E-state index is 13.4. The molecule has 218 valence electrons. The van der Waals surface area contributed by atoms with Crippen molar-refractivity contribution in [2.24, 2.45) is 0 Å². The Morgan fingerprint density at radius 2 is 1.48 bits per heavy atom. The number of rotatable bonds is 9. The molecule has 10 heteroatoms. The normalized spacial score (nSPS) is 17.0. The summed E-state index contributed by atoms with van der Waals surface area (Å²) in [6.45, 7) is 0.382. The van der Waals surface area contributed by atoms with Gasteiger partial charge in [0.05, 0.1) is 4.86 Å². The van der Waals surface area contributed by atoms with Crippen LogP contribution < -0.4 is 5.32 Å². The van der Waals surface area contributed by atoms with E-state index in [-0.39, 0.29) is 54.8 Å². The van der Waals surface area contributed by atoms with Crippen molar-refractivity contribution in [2.75, 3.05) is 13.1 Å². The predicted octanol–water partition coefficient (Wildman–Crippen LogP) is 5.22. The van der Waals surface area contributed by atoms with Gasteiger partial charge in [0.2, 0.25) is 22.1 Å². The molecular weight excluding hydrogens is 595 g/mol. The highest BCUT2D eigenvalue weighted by Gasteiger charge is 2.28. The molecule has 1 N–H and O–H groups in total. The van der Waals surface area contributed by atoms with Crippen molar-refractivity contribution in [2.45, 2.75) is 38.5 Å². The Bertz CT molecular complexity index is 1580. The summed E-state index contributed by atoms with van der Waals surface area (Å²) in [6.07, 6.45) is 10.1. The van der Waals surface area contributed by atoms with Crippen LogP contribution in [-0.4, -0.2) is 48.9 Å². The van der Waals surface area contributed by atoms with Crippen molar-refractivity contribution in [1.82, 2.24) is 10.2 Å². The lowest BCUT2D eigenvalue weighted by atomic mass is 9.94. The molecule has 2 aromatic rings. The molecule has 0 saturated carbocycles. The number of carbonyl (C=O) groups is 3. The fourth-order valence-electron chi connectivity index (χ4n) is 4.65. The van der Waals surface area contributed by atoms with E-state index >= 15 is 0 Å². The fourth-order valence-corrected chi connectivity index (χ4v) is 5.47. The monoisotopic (exact) mass is 624 g/mol. The molecule has 2 aliphatic rings. The Kier molecular flexibility index (Phi) is 11.1. The molecule has 7 nitrogen and oxygen atoms in total. The molecule has 0 bridgehead atoms. The average molecular weight is 626 g/mol. The molecule has 0 aromatic heterocycles. The van der Waals surface area contributed by atoms with Gasteiger partial charge >= 0.3 is 0 Å². The first-order valence-corrected chi connectivity index (χ1v) is 15.3. The molecule has 1 fully saturated rings. The van der Waals surface area contributed by atoms with Gasteiger partial charge in [-0.2, -0.15) is 8.42 Å². The molecule has 0 unspecified atom stereocenters. The van der Waals surface area contributed by atoms with Crippen molar-refractivity contribution < 1.29 is 22.8 Å². The third-order valence-corrected chi connectivity index (χ3v) is 8.07. The molecule has 0 atom stereocenters. The number of ketones is 1. The molecular formula is C32H30Cl2N2O5S. The van der Waals surface area contributed by atoms with E-state index in [1.165, 1.54) is 12.2 Å². The average Bonchev–Trinajstić information content (AvgIpc) is 2.96. The van der Waals surface area contributed by atoms with Crippen LogP contribution in [0.3, 0.4) is 0 Å². The molecule has 1 aliphatic heterocycles. The van der Waals surface area contributed by atoms with Crippen LogP contribution in [0, 0.1) is 0 Å². The number of carbonyl (C=O) groups excluding carboxylic acids is 3. The first-order valence-electron chi connectivity index (χ1n) is 13.5.